The van der Waals surface area contributed by atoms with E-state index >= 15 is 0 Å². The summed E-state index contributed by atoms with van der Waals surface area (Å²) in [5.41, 5.74) is 0. The third-order valence-electron chi connectivity index (χ3n) is 3.04. The molecule has 1 aliphatic rings. The van der Waals surface area contributed by atoms with Crippen LogP contribution in [0.1, 0.15) is 33.1 Å². The lowest BCUT2D eigenvalue weighted by atomic mass is 10.1. The number of nitrogens with one attached hydrogen (secondary N) is 1. The molecule has 15 heavy (non-hydrogen) atoms. The average Bonchev–Trinajstić information content (AvgIpc) is 2.18. The summed E-state index contributed by atoms with van der Waals surface area (Å²) in [6.07, 6.45) is 4.01. The summed E-state index contributed by atoms with van der Waals surface area (Å²) in [6, 6.07) is 1.41. The number of thioether (sulfide) groups is 1. The van der Waals surface area contributed by atoms with Gasteiger partial charge in [0.2, 0.25) is 0 Å². The molecule has 0 saturated carbocycles. The fourth-order valence-corrected chi connectivity index (χ4v) is 3.00. The summed E-state index contributed by atoms with van der Waals surface area (Å²) in [7, 11) is 2.23. The van der Waals surface area contributed by atoms with Crippen LogP contribution in [0.3, 0.4) is 0 Å². The number of piperidine rings is 1. The molecule has 1 rings (SSSR count). The molecular formula is C12H26N2S. The molecule has 0 radical (unpaired) electrons. The van der Waals surface area contributed by atoms with Crippen LogP contribution in [-0.2, 0) is 0 Å². The first-order chi connectivity index (χ1) is 7.22. The minimum atomic E-state index is 0.681. The van der Waals surface area contributed by atoms with Crippen molar-refractivity contribution in [2.45, 2.75) is 45.2 Å². The van der Waals surface area contributed by atoms with Crippen LogP contribution in [0.2, 0.25) is 0 Å². The molecule has 1 fully saturated rings. The maximum atomic E-state index is 3.75. The molecule has 1 N–H and O–H groups in total. The summed E-state index contributed by atoms with van der Waals surface area (Å²) in [6.45, 7) is 7.06. The molecule has 0 aromatic carbocycles. The molecule has 90 valence electrons. The van der Waals surface area contributed by atoms with Gasteiger partial charge in [-0.25, -0.2) is 0 Å². The molecule has 0 amide bonds. The van der Waals surface area contributed by atoms with Gasteiger partial charge in [-0.1, -0.05) is 6.92 Å². The molecule has 0 aromatic rings. The molecule has 2 nitrogen and oxygen atoms in total. The van der Waals surface area contributed by atoms with E-state index in [0.29, 0.717) is 6.04 Å². The van der Waals surface area contributed by atoms with Crippen molar-refractivity contribution in [1.29, 1.82) is 0 Å². The first-order valence-corrected chi connectivity index (χ1v) is 7.40. The highest BCUT2D eigenvalue weighted by Gasteiger charge is 2.18. The van der Waals surface area contributed by atoms with Gasteiger partial charge in [-0.2, -0.15) is 11.8 Å². The van der Waals surface area contributed by atoms with E-state index in [-0.39, 0.29) is 0 Å². The summed E-state index contributed by atoms with van der Waals surface area (Å²) < 4.78 is 0. The SMILES string of the molecule is CCSCCC(C)NC1CCCN(C)C1. The summed E-state index contributed by atoms with van der Waals surface area (Å²) in [4.78, 5) is 2.44. The van der Waals surface area contributed by atoms with Gasteiger partial charge in [0.05, 0.1) is 0 Å². The highest BCUT2D eigenvalue weighted by molar-refractivity contribution is 7.99. The maximum Gasteiger partial charge on any atom is 0.0197 e. The standard InChI is InChI=1S/C12H26N2S/c1-4-15-9-7-11(2)13-12-6-5-8-14(3)10-12/h11-13H,4-10H2,1-3H3. The van der Waals surface area contributed by atoms with Crippen molar-refractivity contribution in [1.82, 2.24) is 10.2 Å². The second-order valence-corrected chi connectivity index (χ2v) is 6.05. The quantitative estimate of drug-likeness (QED) is 0.704. The topological polar surface area (TPSA) is 15.3 Å². The lowest BCUT2D eigenvalue weighted by molar-refractivity contribution is 0.217. The summed E-state index contributed by atoms with van der Waals surface area (Å²) in [5, 5.41) is 3.75. The number of likely N-dealkylation sites (N-methyl/N-ethyl adjacent to an activating group) is 1. The molecule has 1 saturated heterocycles. The van der Waals surface area contributed by atoms with E-state index in [1.54, 1.807) is 0 Å². The highest BCUT2D eigenvalue weighted by atomic mass is 32.2. The Balaban J connectivity index is 2.10. The van der Waals surface area contributed by atoms with Crippen LogP contribution in [0, 0.1) is 0 Å². The van der Waals surface area contributed by atoms with Crippen molar-refractivity contribution in [3.05, 3.63) is 0 Å². The number of likely N-dealkylation sites (tertiary alicyclic amines) is 1. The Hall–Kier alpha value is 0.270. The zero-order valence-corrected chi connectivity index (χ0v) is 11.3. The van der Waals surface area contributed by atoms with Gasteiger partial charge in [-0.15, -0.1) is 0 Å². The van der Waals surface area contributed by atoms with Crippen LogP contribution in [-0.4, -0.2) is 48.6 Å². The van der Waals surface area contributed by atoms with Gasteiger partial charge in [-0.3, -0.25) is 0 Å². The van der Waals surface area contributed by atoms with Crippen LogP contribution in [0.5, 0.6) is 0 Å². The van der Waals surface area contributed by atoms with Gasteiger partial charge in [0.25, 0.3) is 0 Å². The number of hydrogen-bond acceptors (Lipinski definition) is 3. The molecule has 0 spiro atoms. The zero-order valence-electron chi connectivity index (χ0n) is 10.5. The van der Waals surface area contributed by atoms with Gasteiger partial charge >= 0.3 is 0 Å². The Morgan fingerprint density at radius 2 is 2.33 bits per heavy atom. The summed E-state index contributed by atoms with van der Waals surface area (Å²) in [5.74, 6) is 2.55. The lowest BCUT2D eigenvalue weighted by Crippen LogP contribution is -2.47. The van der Waals surface area contributed by atoms with Crippen LogP contribution >= 0.6 is 11.8 Å². The maximum absolute atomic E-state index is 3.75. The van der Waals surface area contributed by atoms with Crippen molar-refractivity contribution >= 4 is 11.8 Å². The Labute approximate surface area is 99.2 Å². The van der Waals surface area contributed by atoms with Crippen molar-refractivity contribution in [2.75, 3.05) is 31.6 Å². The second kappa shape index (κ2) is 7.53. The van der Waals surface area contributed by atoms with Crippen LogP contribution in [0.15, 0.2) is 0 Å². The molecule has 3 heteroatoms. The van der Waals surface area contributed by atoms with Crippen molar-refractivity contribution < 1.29 is 0 Å². The third-order valence-corrected chi connectivity index (χ3v) is 3.98. The molecule has 2 unspecified atom stereocenters. The van der Waals surface area contributed by atoms with Crippen LogP contribution in [0.4, 0.5) is 0 Å². The number of hydrogen-bond donors (Lipinski definition) is 1. The predicted octanol–water partition coefficient (Wildman–Crippen LogP) is 2.20. The molecule has 1 aliphatic heterocycles. The smallest absolute Gasteiger partial charge is 0.0197 e. The van der Waals surface area contributed by atoms with Gasteiger partial charge in [0, 0.05) is 18.6 Å². The second-order valence-electron chi connectivity index (χ2n) is 4.65. The van der Waals surface area contributed by atoms with Crippen LogP contribution < -0.4 is 5.32 Å². The first-order valence-electron chi connectivity index (χ1n) is 6.24. The first kappa shape index (κ1) is 13.3. The van der Waals surface area contributed by atoms with E-state index in [9.17, 15) is 0 Å². The van der Waals surface area contributed by atoms with Crippen molar-refractivity contribution in [2.24, 2.45) is 0 Å². The minimum absolute atomic E-state index is 0.681. The van der Waals surface area contributed by atoms with E-state index in [1.807, 2.05) is 11.8 Å². The van der Waals surface area contributed by atoms with E-state index < -0.39 is 0 Å². The molecule has 0 bridgehead atoms. The van der Waals surface area contributed by atoms with Gasteiger partial charge in [0.15, 0.2) is 0 Å². The lowest BCUT2D eigenvalue weighted by Gasteiger charge is -2.32. The number of rotatable bonds is 6. The fourth-order valence-electron chi connectivity index (χ4n) is 2.19. The third kappa shape index (κ3) is 5.79. The van der Waals surface area contributed by atoms with Gasteiger partial charge in [0.1, 0.15) is 0 Å². The Kier molecular flexibility index (Phi) is 6.69. The predicted molar refractivity (Wildman–Crippen MR) is 70.7 cm³/mol. The largest absolute Gasteiger partial charge is 0.310 e. The Bertz CT molecular complexity index is 164. The van der Waals surface area contributed by atoms with E-state index in [0.717, 1.165) is 6.04 Å². The van der Waals surface area contributed by atoms with E-state index in [4.69, 9.17) is 0 Å². The Morgan fingerprint density at radius 3 is 3.00 bits per heavy atom. The van der Waals surface area contributed by atoms with Gasteiger partial charge < -0.3 is 10.2 Å². The van der Waals surface area contributed by atoms with E-state index in [1.165, 1.54) is 43.9 Å². The van der Waals surface area contributed by atoms with E-state index in [2.05, 4.69) is 31.1 Å². The monoisotopic (exact) mass is 230 g/mol. The minimum Gasteiger partial charge on any atom is -0.310 e. The fraction of sp³-hybridized carbons (Fsp3) is 1.00. The average molecular weight is 230 g/mol. The van der Waals surface area contributed by atoms with Crippen molar-refractivity contribution in [3.8, 4) is 0 Å². The highest BCUT2D eigenvalue weighted by Crippen LogP contribution is 2.10. The molecule has 2 atom stereocenters. The molecule has 0 aliphatic carbocycles. The molecule has 0 aromatic heterocycles. The normalized spacial score (nSPS) is 25.4. The zero-order chi connectivity index (χ0) is 11.1. The number of nitrogens with zero attached hydrogens (tertiary/aromatic N) is 1. The Morgan fingerprint density at radius 1 is 1.53 bits per heavy atom. The summed E-state index contributed by atoms with van der Waals surface area (Å²) >= 11 is 2.05. The molecular weight excluding hydrogens is 204 g/mol. The van der Waals surface area contributed by atoms with Crippen LogP contribution in [0.25, 0.3) is 0 Å². The van der Waals surface area contributed by atoms with Crippen molar-refractivity contribution in [3.63, 3.8) is 0 Å². The molecule has 1 heterocycles. The van der Waals surface area contributed by atoms with Gasteiger partial charge in [-0.05, 0) is 51.3 Å².